The van der Waals surface area contributed by atoms with E-state index in [1.165, 1.54) is 5.56 Å². The van der Waals surface area contributed by atoms with Gasteiger partial charge in [-0.2, -0.15) is 0 Å². The van der Waals surface area contributed by atoms with Crippen LogP contribution in [0.1, 0.15) is 35.7 Å². The van der Waals surface area contributed by atoms with Crippen LogP contribution in [-0.2, 0) is 0 Å². The largest absolute Gasteiger partial charge is 0.293 e. The van der Waals surface area contributed by atoms with Gasteiger partial charge in [-0.1, -0.05) is 38.1 Å². The first kappa shape index (κ1) is 15.6. The Kier molecular flexibility index (Phi) is 5.66. The molecular formula is C17H17IOS. The van der Waals surface area contributed by atoms with Gasteiger partial charge < -0.3 is 0 Å². The minimum absolute atomic E-state index is 0.180. The molecule has 20 heavy (non-hydrogen) atoms. The number of hydrogen-bond acceptors (Lipinski definition) is 2. The molecule has 0 fully saturated rings. The van der Waals surface area contributed by atoms with E-state index in [9.17, 15) is 4.79 Å². The van der Waals surface area contributed by atoms with Gasteiger partial charge in [-0.3, -0.25) is 4.79 Å². The van der Waals surface area contributed by atoms with Crippen LogP contribution in [0.25, 0.3) is 0 Å². The Hall–Kier alpha value is -0.810. The summed E-state index contributed by atoms with van der Waals surface area (Å²) < 4.78 is 1.15. The molecule has 1 nitrogen and oxygen atoms in total. The molecule has 3 heteroatoms. The Bertz CT molecular complexity index is 573. The monoisotopic (exact) mass is 396 g/mol. The first-order valence-electron chi connectivity index (χ1n) is 6.58. The summed E-state index contributed by atoms with van der Waals surface area (Å²) in [7, 11) is 0. The van der Waals surface area contributed by atoms with Gasteiger partial charge in [0.15, 0.2) is 5.78 Å². The molecule has 0 spiro atoms. The lowest BCUT2D eigenvalue weighted by Crippen LogP contribution is -2.02. The third kappa shape index (κ3) is 4.35. The number of rotatable bonds is 5. The first-order chi connectivity index (χ1) is 9.56. The van der Waals surface area contributed by atoms with E-state index in [2.05, 4.69) is 60.7 Å². The van der Waals surface area contributed by atoms with E-state index in [1.54, 1.807) is 11.8 Å². The first-order valence-corrected chi connectivity index (χ1v) is 8.64. The molecule has 2 aromatic rings. The van der Waals surface area contributed by atoms with Crippen molar-refractivity contribution in [2.45, 2.75) is 24.7 Å². The summed E-state index contributed by atoms with van der Waals surface area (Å²) in [5.41, 5.74) is 2.12. The van der Waals surface area contributed by atoms with Crippen LogP contribution in [0.5, 0.6) is 0 Å². The summed E-state index contributed by atoms with van der Waals surface area (Å²) in [6.07, 6.45) is 0. The van der Waals surface area contributed by atoms with Crippen molar-refractivity contribution >= 4 is 40.1 Å². The number of Topliss-reactive ketones (excluding diaryl/α,β-unsaturated/α-hetero) is 1. The van der Waals surface area contributed by atoms with Gasteiger partial charge >= 0.3 is 0 Å². The zero-order valence-electron chi connectivity index (χ0n) is 11.6. The van der Waals surface area contributed by atoms with Gasteiger partial charge in [-0.15, -0.1) is 11.8 Å². The van der Waals surface area contributed by atoms with Gasteiger partial charge in [0.25, 0.3) is 0 Å². The lowest BCUT2D eigenvalue weighted by atomic mass is 10.0. The smallest absolute Gasteiger partial charge is 0.173 e. The Morgan fingerprint density at radius 2 is 1.65 bits per heavy atom. The zero-order chi connectivity index (χ0) is 14.5. The second-order valence-electron chi connectivity index (χ2n) is 4.94. The van der Waals surface area contributed by atoms with Crippen LogP contribution in [0.15, 0.2) is 53.4 Å². The average Bonchev–Trinajstić information content (AvgIpc) is 2.46. The molecule has 104 valence electrons. The van der Waals surface area contributed by atoms with E-state index in [4.69, 9.17) is 0 Å². The summed E-state index contributed by atoms with van der Waals surface area (Å²) in [5.74, 6) is 1.21. The van der Waals surface area contributed by atoms with Crippen molar-refractivity contribution < 1.29 is 4.79 Å². The molecule has 0 aliphatic carbocycles. The molecular weight excluding hydrogens is 379 g/mol. The minimum atomic E-state index is 0.180. The van der Waals surface area contributed by atoms with Crippen LogP contribution >= 0.6 is 34.4 Å². The van der Waals surface area contributed by atoms with Crippen molar-refractivity contribution in [3.05, 3.63) is 63.2 Å². The third-order valence-electron chi connectivity index (χ3n) is 3.08. The molecule has 0 saturated heterocycles. The molecule has 0 bridgehead atoms. The topological polar surface area (TPSA) is 17.1 Å². The summed E-state index contributed by atoms with van der Waals surface area (Å²) in [4.78, 5) is 13.2. The van der Waals surface area contributed by atoms with Gasteiger partial charge in [0.1, 0.15) is 0 Å². The van der Waals surface area contributed by atoms with E-state index in [1.807, 2.05) is 24.3 Å². The van der Waals surface area contributed by atoms with Crippen LogP contribution < -0.4 is 0 Å². The maximum atomic E-state index is 12.1. The summed E-state index contributed by atoms with van der Waals surface area (Å²) >= 11 is 3.84. The van der Waals surface area contributed by atoms with E-state index < -0.39 is 0 Å². The number of thioether (sulfide) groups is 1. The molecule has 2 aromatic carbocycles. The van der Waals surface area contributed by atoms with E-state index in [0.717, 1.165) is 14.0 Å². The normalized spacial score (nSPS) is 10.8. The molecule has 0 radical (unpaired) electrons. The summed E-state index contributed by atoms with van der Waals surface area (Å²) in [5, 5.41) is 0. The van der Waals surface area contributed by atoms with Crippen molar-refractivity contribution in [3.63, 3.8) is 0 Å². The van der Waals surface area contributed by atoms with Gasteiger partial charge in [0.05, 0.1) is 5.75 Å². The van der Waals surface area contributed by atoms with E-state index in [-0.39, 0.29) is 5.78 Å². The van der Waals surface area contributed by atoms with Crippen molar-refractivity contribution in [2.75, 3.05) is 5.75 Å². The Morgan fingerprint density at radius 3 is 2.20 bits per heavy atom. The van der Waals surface area contributed by atoms with Crippen molar-refractivity contribution in [2.24, 2.45) is 0 Å². The number of hydrogen-bond donors (Lipinski definition) is 0. The van der Waals surface area contributed by atoms with E-state index >= 15 is 0 Å². The molecule has 0 aliphatic rings. The quantitative estimate of drug-likeness (QED) is 0.383. The number of benzene rings is 2. The molecule has 2 rings (SSSR count). The molecule has 0 saturated carbocycles. The van der Waals surface area contributed by atoms with Crippen LogP contribution in [0.3, 0.4) is 0 Å². The fraction of sp³-hybridized carbons (Fsp3) is 0.235. The van der Waals surface area contributed by atoms with Crippen molar-refractivity contribution in [3.8, 4) is 0 Å². The molecule has 0 aliphatic heterocycles. The van der Waals surface area contributed by atoms with Crippen molar-refractivity contribution in [1.82, 2.24) is 0 Å². The SMILES string of the molecule is CC(C)c1ccc(SCC(=O)c2ccc(I)cc2)cc1. The molecule has 0 N–H and O–H groups in total. The maximum Gasteiger partial charge on any atom is 0.173 e. The van der Waals surface area contributed by atoms with Crippen molar-refractivity contribution in [1.29, 1.82) is 0 Å². The van der Waals surface area contributed by atoms with Gasteiger partial charge in [-0.25, -0.2) is 0 Å². The highest BCUT2D eigenvalue weighted by molar-refractivity contribution is 14.1. The second-order valence-corrected chi connectivity index (χ2v) is 7.24. The summed E-state index contributed by atoms with van der Waals surface area (Å²) in [6, 6.07) is 16.2. The molecule has 0 unspecified atom stereocenters. The molecule has 0 atom stereocenters. The lowest BCUT2D eigenvalue weighted by molar-refractivity contribution is 0.102. The molecule has 0 heterocycles. The summed E-state index contributed by atoms with van der Waals surface area (Å²) in [6.45, 7) is 4.37. The minimum Gasteiger partial charge on any atom is -0.293 e. The molecule has 0 amide bonds. The Labute approximate surface area is 138 Å². The predicted octanol–water partition coefficient (Wildman–Crippen LogP) is 5.39. The number of halogens is 1. The Morgan fingerprint density at radius 1 is 1.05 bits per heavy atom. The number of carbonyl (C=O) groups excluding carboxylic acids is 1. The van der Waals surface area contributed by atoms with Crippen LogP contribution in [-0.4, -0.2) is 11.5 Å². The Balaban J connectivity index is 1.94. The van der Waals surface area contributed by atoms with Gasteiger partial charge in [0.2, 0.25) is 0 Å². The number of carbonyl (C=O) groups is 1. The average molecular weight is 396 g/mol. The van der Waals surface area contributed by atoms with E-state index in [0.29, 0.717) is 11.7 Å². The third-order valence-corrected chi connectivity index (χ3v) is 4.81. The van der Waals surface area contributed by atoms with Gasteiger partial charge in [0, 0.05) is 14.0 Å². The zero-order valence-corrected chi connectivity index (χ0v) is 14.6. The fourth-order valence-corrected chi connectivity index (χ4v) is 2.97. The standard InChI is InChI=1S/C17H17IOS/c1-12(2)13-5-9-16(10-6-13)20-11-17(19)14-3-7-15(18)8-4-14/h3-10,12H,11H2,1-2H3. The number of ketones is 1. The highest BCUT2D eigenvalue weighted by Crippen LogP contribution is 2.22. The highest BCUT2D eigenvalue weighted by Gasteiger charge is 2.07. The highest BCUT2D eigenvalue weighted by atomic mass is 127. The lowest BCUT2D eigenvalue weighted by Gasteiger charge is -2.06. The second kappa shape index (κ2) is 7.27. The van der Waals surface area contributed by atoms with Crippen LogP contribution in [0.2, 0.25) is 0 Å². The predicted molar refractivity (Wildman–Crippen MR) is 94.7 cm³/mol. The van der Waals surface area contributed by atoms with Crippen LogP contribution in [0.4, 0.5) is 0 Å². The van der Waals surface area contributed by atoms with Gasteiger partial charge in [-0.05, 0) is 58.3 Å². The fourth-order valence-electron chi connectivity index (χ4n) is 1.82. The maximum absolute atomic E-state index is 12.1. The van der Waals surface area contributed by atoms with Crippen LogP contribution in [0, 0.1) is 3.57 Å². The molecule has 0 aromatic heterocycles.